The van der Waals surface area contributed by atoms with Crippen molar-refractivity contribution in [1.82, 2.24) is 0 Å². The molecule has 2 unspecified atom stereocenters. The Morgan fingerprint density at radius 1 is 1.44 bits per heavy atom. The van der Waals surface area contributed by atoms with E-state index in [-0.39, 0.29) is 4.83 Å². The van der Waals surface area contributed by atoms with Gasteiger partial charge in [-0.25, -0.2) is 0 Å². The third-order valence-electron chi connectivity index (χ3n) is 2.85. The van der Waals surface area contributed by atoms with Crippen molar-refractivity contribution in [2.24, 2.45) is 0 Å². The molecule has 4 heteroatoms. The average Bonchev–Trinajstić information content (AvgIpc) is 2.25. The molecule has 2 atom stereocenters. The van der Waals surface area contributed by atoms with Crippen molar-refractivity contribution in [2.45, 2.75) is 30.4 Å². The number of methoxy groups -OCH3 is 1. The lowest BCUT2D eigenvalue weighted by molar-refractivity contribution is 0.0223. The van der Waals surface area contributed by atoms with Crippen LogP contribution in [0, 0.1) is 0 Å². The van der Waals surface area contributed by atoms with Crippen molar-refractivity contribution in [3.63, 3.8) is 0 Å². The highest BCUT2D eigenvalue weighted by Crippen LogP contribution is 2.44. The molecule has 0 fully saturated rings. The van der Waals surface area contributed by atoms with E-state index in [2.05, 4.69) is 15.9 Å². The summed E-state index contributed by atoms with van der Waals surface area (Å²) in [6.45, 7) is 3.89. The zero-order chi connectivity index (χ0) is 11.9. The Labute approximate surface area is 104 Å². The molecule has 16 heavy (non-hydrogen) atoms. The number of halogens is 1. The number of rotatable bonds is 1. The first-order valence-electron chi connectivity index (χ1n) is 5.15. The monoisotopic (exact) mass is 286 g/mol. The molecule has 1 N–H and O–H groups in total. The molecule has 0 saturated heterocycles. The molecule has 0 amide bonds. The van der Waals surface area contributed by atoms with Crippen LogP contribution in [0.1, 0.15) is 25.5 Å². The quantitative estimate of drug-likeness (QED) is 0.807. The number of aliphatic hydroxyl groups excluding tert-OH is 1. The summed E-state index contributed by atoms with van der Waals surface area (Å²) in [6, 6.07) is 5.46. The molecule has 0 aromatic heterocycles. The van der Waals surface area contributed by atoms with Crippen molar-refractivity contribution < 1.29 is 14.6 Å². The van der Waals surface area contributed by atoms with Gasteiger partial charge in [0.05, 0.1) is 18.0 Å². The third kappa shape index (κ3) is 1.80. The molecular formula is C12H15BrO3. The predicted octanol–water partition coefficient (Wildman–Crippen LogP) is 2.66. The van der Waals surface area contributed by atoms with Gasteiger partial charge in [0.25, 0.3) is 0 Å². The van der Waals surface area contributed by atoms with E-state index in [0.717, 1.165) is 11.3 Å². The Balaban J connectivity index is 2.46. The zero-order valence-electron chi connectivity index (χ0n) is 9.53. The van der Waals surface area contributed by atoms with E-state index in [1.54, 1.807) is 13.2 Å². The van der Waals surface area contributed by atoms with Gasteiger partial charge in [0.2, 0.25) is 0 Å². The fraction of sp³-hybridized carbons (Fsp3) is 0.500. The van der Waals surface area contributed by atoms with Gasteiger partial charge in [0.1, 0.15) is 17.1 Å². The fourth-order valence-corrected chi connectivity index (χ4v) is 2.23. The topological polar surface area (TPSA) is 38.7 Å². The molecule has 0 spiro atoms. The Morgan fingerprint density at radius 2 is 2.12 bits per heavy atom. The minimum atomic E-state index is -0.565. The van der Waals surface area contributed by atoms with Crippen LogP contribution in [0.2, 0.25) is 0 Å². The number of ether oxygens (including phenoxy) is 2. The van der Waals surface area contributed by atoms with Crippen LogP contribution in [-0.2, 0) is 0 Å². The summed E-state index contributed by atoms with van der Waals surface area (Å²) < 4.78 is 11.0. The summed E-state index contributed by atoms with van der Waals surface area (Å²) >= 11 is 3.47. The zero-order valence-corrected chi connectivity index (χ0v) is 11.1. The minimum absolute atomic E-state index is 0.124. The second-order valence-corrected chi connectivity index (χ2v) is 5.44. The second kappa shape index (κ2) is 3.93. The summed E-state index contributed by atoms with van der Waals surface area (Å²) in [5.41, 5.74) is 0.348. The molecule has 1 heterocycles. The standard InChI is InChI=1S/C12H15BrO3/c1-12(2)11(13)10(14)8-5-4-7(15-3)6-9(8)16-12/h4-6,10-11,14H,1-3H3. The van der Waals surface area contributed by atoms with Gasteiger partial charge in [-0.2, -0.15) is 0 Å². The number of hydrogen-bond donors (Lipinski definition) is 1. The molecule has 1 aromatic carbocycles. The Hall–Kier alpha value is -0.740. The van der Waals surface area contributed by atoms with Crippen LogP contribution in [-0.4, -0.2) is 22.6 Å². The third-order valence-corrected chi connectivity index (χ3v) is 4.46. The first kappa shape index (κ1) is 11.7. The van der Waals surface area contributed by atoms with E-state index in [4.69, 9.17) is 9.47 Å². The van der Waals surface area contributed by atoms with Crippen molar-refractivity contribution in [3.05, 3.63) is 23.8 Å². The Morgan fingerprint density at radius 3 is 2.75 bits per heavy atom. The van der Waals surface area contributed by atoms with E-state index in [1.807, 2.05) is 26.0 Å². The van der Waals surface area contributed by atoms with Crippen LogP contribution >= 0.6 is 15.9 Å². The molecule has 0 saturated carbocycles. The van der Waals surface area contributed by atoms with Gasteiger partial charge < -0.3 is 14.6 Å². The predicted molar refractivity (Wildman–Crippen MR) is 65.4 cm³/mol. The van der Waals surface area contributed by atoms with Crippen molar-refractivity contribution in [1.29, 1.82) is 0 Å². The van der Waals surface area contributed by atoms with Crippen LogP contribution in [0.4, 0.5) is 0 Å². The Bertz CT molecular complexity index is 403. The molecule has 1 aliphatic rings. The summed E-state index contributed by atoms with van der Waals surface area (Å²) in [5.74, 6) is 1.42. The maximum Gasteiger partial charge on any atom is 0.129 e. The van der Waals surface area contributed by atoms with E-state index < -0.39 is 11.7 Å². The van der Waals surface area contributed by atoms with Crippen LogP contribution in [0.3, 0.4) is 0 Å². The lowest BCUT2D eigenvalue weighted by Crippen LogP contribution is -2.45. The maximum absolute atomic E-state index is 10.2. The summed E-state index contributed by atoms with van der Waals surface area (Å²) in [4.78, 5) is -0.124. The van der Waals surface area contributed by atoms with Gasteiger partial charge in [0, 0.05) is 11.6 Å². The Kier molecular flexibility index (Phi) is 2.88. The second-order valence-electron chi connectivity index (χ2n) is 4.46. The lowest BCUT2D eigenvalue weighted by atomic mass is 9.91. The minimum Gasteiger partial charge on any atom is -0.497 e. The van der Waals surface area contributed by atoms with Gasteiger partial charge in [-0.15, -0.1) is 0 Å². The molecule has 2 rings (SSSR count). The highest BCUT2D eigenvalue weighted by molar-refractivity contribution is 9.09. The van der Waals surface area contributed by atoms with Crippen molar-refractivity contribution in [2.75, 3.05) is 7.11 Å². The van der Waals surface area contributed by atoms with Crippen molar-refractivity contribution in [3.8, 4) is 11.5 Å². The number of aliphatic hydroxyl groups is 1. The first-order valence-corrected chi connectivity index (χ1v) is 6.06. The van der Waals surface area contributed by atoms with E-state index in [0.29, 0.717) is 5.75 Å². The number of fused-ring (bicyclic) bond motifs is 1. The van der Waals surface area contributed by atoms with Crippen molar-refractivity contribution >= 4 is 15.9 Å². The first-order chi connectivity index (χ1) is 7.45. The molecule has 88 valence electrons. The van der Waals surface area contributed by atoms with Gasteiger partial charge in [-0.1, -0.05) is 15.9 Å². The molecule has 0 bridgehead atoms. The number of alkyl halides is 1. The summed E-state index contributed by atoms with van der Waals surface area (Å²) in [5, 5.41) is 10.2. The van der Waals surface area contributed by atoms with Gasteiger partial charge in [-0.05, 0) is 26.0 Å². The van der Waals surface area contributed by atoms with E-state index in [1.165, 1.54) is 0 Å². The molecule has 1 aliphatic heterocycles. The van der Waals surface area contributed by atoms with Gasteiger partial charge in [0.15, 0.2) is 0 Å². The van der Waals surface area contributed by atoms with E-state index in [9.17, 15) is 5.11 Å². The van der Waals surface area contributed by atoms with Crippen LogP contribution in [0.25, 0.3) is 0 Å². The van der Waals surface area contributed by atoms with Gasteiger partial charge >= 0.3 is 0 Å². The molecule has 3 nitrogen and oxygen atoms in total. The fourth-order valence-electron chi connectivity index (χ4n) is 1.85. The van der Waals surface area contributed by atoms with Crippen LogP contribution < -0.4 is 9.47 Å². The molecule has 0 radical (unpaired) electrons. The number of benzene rings is 1. The molecule has 1 aromatic rings. The lowest BCUT2D eigenvalue weighted by Gasteiger charge is -2.40. The largest absolute Gasteiger partial charge is 0.497 e. The highest BCUT2D eigenvalue weighted by atomic mass is 79.9. The molecular weight excluding hydrogens is 272 g/mol. The van der Waals surface area contributed by atoms with Crippen LogP contribution in [0.15, 0.2) is 18.2 Å². The SMILES string of the molecule is COc1ccc2c(c1)OC(C)(C)C(Br)C2O. The summed E-state index contributed by atoms with van der Waals surface area (Å²) in [7, 11) is 1.61. The summed E-state index contributed by atoms with van der Waals surface area (Å²) in [6.07, 6.45) is -0.565. The average molecular weight is 287 g/mol. The van der Waals surface area contributed by atoms with Crippen LogP contribution in [0.5, 0.6) is 11.5 Å². The molecule has 0 aliphatic carbocycles. The highest BCUT2D eigenvalue weighted by Gasteiger charge is 2.41. The normalized spacial score (nSPS) is 26.8. The smallest absolute Gasteiger partial charge is 0.129 e. The van der Waals surface area contributed by atoms with Gasteiger partial charge in [-0.3, -0.25) is 0 Å². The number of hydrogen-bond acceptors (Lipinski definition) is 3. The van der Waals surface area contributed by atoms with E-state index >= 15 is 0 Å². The maximum atomic E-state index is 10.2.